The highest BCUT2D eigenvalue weighted by molar-refractivity contribution is 7.23. The Hall–Kier alpha value is -6.24. The lowest BCUT2D eigenvalue weighted by Crippen LogP contribution is -2.27. The summed E-state index contributed by atoms with van der Waals surface area (Å²) in [6.45, 7) is 3.76. The molecule has 0 amide bonds. The zero-order valence-corrected chi connectivity index (χ0v) is 25.4. The van der Waals surface area contributed by atoms with Crippen molar-refractivity contribution < 1.29 is 23.9 Å². The Morgan fingerprint density at radius 1 is 0.587 bits per heavy atom. The molecule has 2 aromatic heterocycles. The maximum Gasteiger partial charge on any atom is 0.197 e. The van der Waals surface area contributed by atoms with Gasteiger partial charge in [-0.25, -0.2) is 0 Å². The third-order valence-corrected chi connectivity index (χ3v) is 10.3. The quantitative estimate of drug-likeness (QED) is 0.176. The highest BCUT2D eigenvalue weighted by atomic mass is 32.1. The highest BCUT2D eigenvalue weighted by Crippen LogP contribution is 2.53. The first-order chi connectivity index (χ1) is 22.0. The lowest BCUT2D eigenvalue weighted by molar-refractivity contribution is 0.0975. The van der Waals surface area contributed by atoms with E-state index < -0.39 is 28.7 Å². The van der Waals surface area contributed by atoms with Crippen molar-refractivity contribution >= 4 is 58.0 Å². The molecule has 0 radical (unpaired) electrons. The molecule has 3 aliphatic rings. The summed E-state index contributed by atoms with van der Waals surface area (Å²) in [6.07, 6.45) is 2.99. The largest absolute Gasteiger partial charge is 0.482 e. The van der Waals surface area contributed by atoms with Gasteiger partial charge in [0.05, 0.1) is 43.2 Å². The van der Waals surface area contributed by atoms with Crippen molar-refractivity contribution in [2.24, 2.45) is 0 Å². The normalized spacial score (nSPS) is 15.1. The fourth-order valence-corrected chi connectivity index (χ4v) is 8.21. The first-order valence-electron chi connectivity index (χ1n) is 13.6. The van der Waals surface area contributed by atoms with Crippen LogP contribution in [0.4, 0.5) is 0 Å². The Morgan fingerprint density at radius 2 is 0.957 bits per heavy atom. The number of benzene rings is 2. The number of carbonyl (C=O) groups is 4. The smallest absolute Gasteiger partial charge is 0.197 e. The van der Waals surface area contributed by atoms with Gasteiger partial charge in [-0.3, -0.25) is 19.2 Å². The van der Waals surface area contributed by atoms with Crippen molar-refractivity contribution in [3.8, 4) is 39.8 Å². The lowest BCUT2D eigenvalue weighted by atomic mass is 9.95. The molecule has 11 heteroatoms. The molecule has 7 rings (SSSR count). The molecule has 0 fully saturated rings. The Morgan fingerprint density at radius 3 is 1.35 bits per heavy atom. The molecule has 3 heterocycles. The summed E-state index contributed by atoms with van der Waals surface area (Å²) in [4.78, 5) is 55.6. The summed E-state index contributed by atoms with van der Waals surface area (Å²) in [6, 6.07) is 16.2. The monoisotopic (exact) mass is 634 g/mol. The molecule has 2 aromatic carbocycles. The Bertz CT molecular complexity index is 2330. The lowest BCUT2D eigenvalue weighted by Gasteiger charge is -2.31. The van der Waals surface area contributed by atoms with Crippen molar-refractivity contribution in [1.29, 1.82) is 21.0 Å². The van der Waals surface area contributed by atoms with E-state index in [1.165, 1.54) is 59.1 Å². The van der Waals surface area contributed by atoms with Crippen LogP contribution in [-0.4, -0.2) is 23.1 Å². The second-order valence-corrected chi connectivity index (χ2v) is 13.3. The van der Waals surface area contributed by atoms with Crippen molar-refractivity contribution in [3.63, 3.8) is 0 Å². The molecule has 0 N–H and O–H groups in total. The number of hydrogen-bond acceptors (Lipinski definition) is 11. The molecule has 0 unspecified atom stereocenters. The number of carbonyl (C=O) groups excluding carboxylic acids is 4. The minimum atomic E-state index is -0.798. The fourth-order valence-electron chi connectivity index (χ4n) is 5.78. The number of nitriles is 4. The molecular weight excluding hydrogens is 621 g/mol. The number of ketones is 4. The van der Waals surface area contributed by atoms with Crippen LogP contribution < -0.4 is 4.74 Å². The molecule has 0 saturated carbocycles. The van der Waals surface area contributed by atoms with Crippen molar-refractivity contribution in [2.45, 2.75) is 19.4 Å². The molecular formula is C35H14N4O5S2. The Kier molecular flexibility index (Phi) is 6.13. The second kappa shape index (κ2) is 9.89. The van der Waals surface area contributed by atoms with Gasteiger partial charge < -0.3 is 4.74 Å². The van der Waals surface area contributed by atoms with Gasteiger partial charge in [0.1, 0.15) is 35.6 Å². The van der Waals surface area contributed by atoms with Gasteiger partial charge >= 0.3 is 0 Å². The van der Waals surface area contributed by atoms with Gasteiger partial charge in [-0.05, 0) is 62.4 Å². The van der Waals surface area contributed by atoms with Crippen LogP contribution in [0.25, 0.3) is 21.9 Å². The number of fused-ring (bicyclic) bond motifs is 5. The molecule has 0 spiro atoms. The van der Waals surface area contributed by atoms with E-state index in [1.54, 1.807) is 6.07 Å². The number of allylic oxidation sites excluding steroid dienone is 2. The zero-order chi connectivity index (χ0) is 32.7. The van der Waals surface area contributed by atoms with E-state index in [0.29, 0.717) is 15.5 Å². The number of nitrogens with zero attached hydrogens (tertiary/aromatic N) is 4. The van der Waals surface area contributed by atoms with Crippen LogP contribution in [0, 0.1) is 45.3 Å². The van der Waals surface area contributed by atoms with E-state index in [0.717, 1.165) is 15.3 Å². The highest BCUT2D eigenvalue weighted by Gasteiger charge is 2.39. The molecule has 0 saturated heterocycles. The average molecular weight is 635 g/mol. The number of thiophene rings is 2. The number of ether oxygens (including phenoxy) is 1. The van der Waals surface area contributed by atoms with Crippen molar-refractivity contribution in [3.05, 3.63) is 107 Å². The second-order valence-electron chi connectivity index (χ2n) is 11.1. The SMILES string of the molecule is CC1(C)Oc2cc(C=C3C(=O)c4cc(C#N)c(C#N)cc4C3=O)sc2-c2sc(C=C3C(=O)c4cc(C#N)c(C#N)cc4C3=O)cc21. The van der Waals surface area contributed by atoms with Gasteiger partial charge in [0.25, 0.3) is 0 Å². The summed E-state index contributed by atoms with van der Waals surface area (Å²) < 4.78 is 6.32. The van der Waals surface area contributed by atoms with Gasteiger partial charge in [0, 0.05) is 37.6 Å². The zero-order valence-electron chi connectivity index (χ0n) is 23.8. The molecule has 9 nitrogen and oxygen atoms in total. The molecule has 0 atom stereocenters. The van der Waals surface area contributed by atoms with Crippen LogP contribution >= 0.6 is 22.7 Å². The topological polar surface area (TPSA) is 173 Å². The van der Waals surface area contributed by atoms with Crippen LogP contribution in [0.2, 0.25) is 0 Å². The maximum absolute atomic E-state index is 13.2. The van der Waals surface area contributed by atoms with Gasteiger partial charge in [-0.2, -0.15) is 21.0 Å². The summed E-state index contributed by atoms with van der Waals surface area (Å²) in [5, 5.41) is 37.4. The summed E-state index contributed by atoms with van der Waals surface area (Å²) >= 11 is 2.65. The van der Waals surface area contributed by atoms with E-state index in [4.69, 9.17) is 4.74 Å². The molecule has 4 aromatic rings. The standard InChI is InChI=1S/C35H14N4O5S2/c1-35(2)27-9-19(7-25-29(40)21-3-15(11-36)16(12-37)4-22(21)30(25)41)45-33(27)34-28(44-35)10-20(46-34)8-26-31(42)23-5-17(13-38)18(14-39)6-24(23)32(26)43/h3-10H,1-2H3. The third-order valence-electron chi connectivity index (χ3n) is 8.02. The Labute approximate surface area is 268 Å². The first-order valence-corrected chi connectivity index (χ1v) is 15.2. The fraction of sp³-hybridized carbons (Fsp3) is 0.0857. The van der Waals surface area contributed by atoms with Gasteiger partial charge in [-0.1, -0.05) is 0 Å². The predicted octanol–water partition coefficient (Wildman–Crippen LogP) is 6.52. The molecule has 216 valence electrons. The van der Waals surface area contributed by atoms with Gasteiger partial charge in [0.15, 0.2) is 23.1 Å². The van der Waals surface area contributed by atoms with Crippen LogP contribution in [0.5, 0.6) is 5.75 Å². The maximum atomic E-state index is 13.2. The van der Waals surface area contributed by atoms with Gasteiger partial charge in [0.2, 0.25) is 0 Å². The Balaban J connectivity index is 1.27. The average Bonchev–Trinajstić information content (AvgIpc) is 3.77. The molecule has 2 aliphatic carbocycles. The van der Waals surface area contributed by atoms with E-state index in [9.17, 15) is 40.2 Å². The number of rotatable bonds is 2. The summed E-state index contributed by atoms with van der Waals surface area (Å²) in [5.74, 6) is -1.57. The van der Waals surface area contributed by atoms with Crippen LogP contribution in [0.15, 0.2) is 47.5 Å². The van der Waals surface area contributed by atoms with Crippen LogP contribution in [0.1, 0.15) is 92.9 Å². The predicted molar refractivity (Wildman–Crippen MR) is 166 cm³/mol. The molecule has 1 aliphatic heterocycles. The van der Waals surface area contributed by atoms with Crippen LogP contribution in [-0.2, 0) is 5.60 Å². The third kappa shape index (κ3) is 4.01. The minimum Gasteiger partial charge on any atom is -0.482 e. The van der Waals surface area contributed by atoms with Crippen molar-refractivity contribution in [2.75, 3.05) is 0 Å². The van der Waals surface area contributed by atoms with E-state index >= 15 is 0 Å². The van der Waals surface area contributed by atoms with Crippen LogP contribution in [0.3, 0.4) is 0 Å². The summed E-state index contributed by atoms with van der Waals surface area (Å²) in [7, 11) is 0. The first kappa shape index (κ1) is 28.5. The van der Waals surface area contributed by atoms with E-state index in [1.807, 2.05) is 44.2 Å². The number of Topliss-reactive ketones (excluding diaryl/α,β-unsaturated/α-hetero) is 4. The van der Waals surface area contributed by atoms with Crippen molar-refractivity contribution in [1.82, 2.24) is 0 Å². The summed E-state index contributed by atoms with van der Waals surface area (Å²) in [5.41, 5.74) is 0.277. The molecule has 0 bridgehead atoms. The minimum absolute atomic E-state index is 0.0191. The van der Waals surface area contributed by atoms with E-state index in [-0.39, 0.29) is 55.7 Å². The molecule has 46 heavy (non-hydrogen) atoms. The van der Waals surface area contributed by atoms with E-state index in [2.05, 4.69) is 0 Å². The van der Waals surface area contributed by atoms with Gasteiger partial charge in [-0.15, -0.1) is 22.7 Å². The number of hydrogen-bond donors (Lipinski definition) is 0.